The van der Waals surface area contributed by atoms with Crippen molar-refractivity contribution in [1.82, 2.24) is 20.6 Å². The van der Waals surface area contributed by atoms with Crippen LogP contribution in [0, 0.1) is 6.92 Å². The van der Waals surface area contributed by atoms with Crippen molar-refractivity contribution < 1.29 is 9.53 Å². The number of benzene rings is 1. The lowest BCUT2D eigenvalue weighted by atomic mass is 9.90. The van der Waals surface area contributed by atoms with Gasteiger partial charge in [-0.15, -0.1) is 0 Å². The van der Waals surface area contributed by atoms with Crippen molar-refractivity contribution in [3.63, 3.8) is 0 Å². The number of aliphatic imine (C=N–C) groups is 1. The number of nitrogens with one attached hydrogen (secondary N) is 3. The van der Waals surface area contributed by atoms with Crippen LogP contribution in [-0.4, -0.2) is 59.6 Å². The van der Waals surface area contributed by atoms with Crippen molar-refractivity contribution in [2.45, 2.75) is 95.4 Å². The maximum Gasteiger partial charge on any atom is 0.289 e. The minimum atomic E-state index is -0.233. The molecule has 1 aromatic heterocycles. The monoisotopic (exact) mass is 478 g/mol. The molecule has 1 aromatic carbocycles. The van der Waals surface area contributed by atoms with Crippen LogP contribution in [0.25, 0.3) is 10.9 Å². The average Bonchev–Trinajstić information content (AvgIpc) is 3.39. The highest BCUT2D eigenvalue weighted by Crippen LogP contribution is 2.28. The first-order chi connectivity index (χ1) is 17.1. The van der Waals surface area contributed by atoms with Gasteiger partial charge in [0.05, 0.1) is 23.5 Å². The van der Waals surface area contributed by atoms with Crippen LogP contribution in [0.1, 0.15) is 80.4 Å². The van der Waals surface area contributed by atoms with Gasteiger partial charge in [0.1, 0.15) is 5.82 Å². The number of carbonyl (C=O) groups is 1. The summed E-state index contributed by atoms with van der Waals surface area (Å²) in [7, 11) is 1.72. The zero-order chi connectivity index (χ0) is 24.2. The molecular weight excluding hydrogens is 440 g/mol. The second kappa shape index (κ2) is 10.9. The summed E-state index contributed by atoms with van der Waals surface area (Å²) >= 11 is 0. The summed E-state index contributed by atoms with van der Waals surface area (Å²) in [5.41, 5.74) is 1.93. The molecule has 5 rings (SSSR count). The largest absolute Gasteiger partial charge is 0.379 e. The van der Waals surface area contributed by atoms with Crippen LogP contribution in [-0.2, 0) is 4.74 Å². The van der Waals surface area contributed by atoms with Crippen LogP contribution in [0.4, 0.5) is 5.82 Å². The lowest BCUT2D eigenvalue weighted by Crippen LogP contribution is -2.48. The van der Waals surface area contributed by atoms with Crippen LogP contribution in [0.15, 0.2) is 23.2 Å². The number of rotatable bonds is 6. The highest BCUT2D eigenvalue weighted by atomic mass is 16.5. The maximum atomic E-state index is 13.3. The third-order valence-corrected chi connectivity index (χ3v) is 7.69. The van der Waals surface area contributed by atoms with Gasteiger partial charge in [-0.2, -0.15) is 0 Å². The molecule has 2 saturated carbocycles. The molecule has 1 amide bonds. The lowest BCUT2D eigenvalue weighted by Gasteiger charge is -2.34. The Morgan fingerprint density at radius 3 is 2.43 bits per heavy atom. The molecule has 0 radical (unpaired) electrons. The van der Waals surface area contributed by atoms with Crippen LogP contribution in [0.5, 0.6) is 0 Å². The van der Waals surface area contributed by atoms with E-state index in [4.69, 9.17) is 9.72 Å². The Morgan fingerprint density at radius 2 is 1.69 bits per heavy atom. The van der Waals surface area contributed by atoms with Gasteiger partial charge in [0, 0.05) is 37.5 Å². The summed E-state index contributed by atoms with van der Waals surface area (Å²) in [6.45, 7) is 2.99. The topological polar surface area (TPSA) is 101 Å². The number of ether oxygens (including phenoxy) is 1. The standard InChI is InChI=1S/C27H38N6O2/c1-17-13-14-19-18(16-17)25(31-21-9-4-3-8-20(21)29-24-12-7-15-28-24)33-26(30-19)27(34)32-22-10-5-6-11-23(22)35-2/h13-14,16,20-23H,3-12,15H2,1-2H3,(H,28,29)(H,32,34)(H,30,31,33)/t20-,21+,22-,23-/m1/s1. The first kappa shape index (κ1) is 24.0. The summed E-state index contributed by atoms with van der Waals surface area (Å²) < 4.78 is 5.63. The van der Waals surface area contributed by atoms with Crippen molar-refractivity contribution in [3.8, 4) is 0 Å². The molecule has 0 spiro atoms. The first-order valence-electron chi connectivity index (χ1n) is 13.3. The maximum absolute atomic E-state index is 13.3. The molecule has 8 nitrogen and oxygen atoms in total. The predicted octanol–water partition coefficient (Wildman–Crippen LogP) is 4.13. The molecule has 2 aliphatic carbocycles. The van der Waals surface area contributed by atoms with Crippen LogP contribution >= 0.6 is 0 Å². The Hall–Kier alpha value is -2.74. The van der Waals surface area contributed by atoms with Crippen LogP contribution < -0.4 is 16.0 Å². The van der Waals surface area contributed by atoms with Crippen molar-refractivity contribution in [1.29, 1.82) is 0 Å². The van der Waals surface area contributed by atoms with Gasteiger partial charge in [-0.1, -0.05) is 37.3 Å². The Balaban J connectivity index is 1.41. The number of aryl methyl sites for hydroxylation is 1. The van der Waals surface area contributed by atoms with E-state index in [0.717, 1.165) is 86.0 Å². The smallest absolute Gasteiger partial charge is 0.289 e. The molecule has 0 bridgehead atoms. The molecular formula is C27H38N6O2. The quantitative estimate of drug-likeness (QED) is 0.577. The SMILES string of the molecule is CO[C@@H]1CCCC[C@H]1NC(=O)c1nc(N[C@H]2CCCC[C@H]2NC2=NCCC2)c2cc(C)ccc2n1. The number of amidine groups is 1. The average molecular weight is 479 g/mol. The van der Waals surface area contributed by atoms with E-state index in [0.29, 0.717) is 6.04 Å². The van der Waals surface area contributed by atoms with Crippen LogP contribution in [0.2, 0.25) is 0 Å². The summed E-state index contributed by atoms with van der Waals surface area (Å²) in [6, 6.07) is 6.64. The molecule has 1 aliphatic heterocycles. The highest BCUT2D eigenvalue weighted by molar-refractivity contribution is 5.97. The van der Waals surface area contributed by atoms with Gasteiger partial charge in [-0.3, -0.25) is 9.79 Å². The minimum Gasteiger partial charge on any atom is -0.379 e. The van der Waals surface area contributed by atoms with E-state index in [-0.39, 0.29) is 29.9 Å². The fraction of sp³-hybridized carbons (Fsp3) is 0.630. The fourth-order valence-electron chi connectivity index (χ4n) is 5.75. The van der Waals surface area contributed by atoms with Gasteiger partial charge < -0.3 is 20.7 Å². The summed E-state index contributed by atoms with van der Waals surface area (Å²) in [5, 5.41) is 11.5. The molecule has 0 unspecified atom stereocenters. The van der Waals surface area contributed by atoms with Gasteiger partial charge in [-0.25, -0.2) is 9.97 Å². The summed E-state index contributed by atoms with van der Waals surface area (Å²) in [6.07, 6.45) is 10.9. The van der Waals surface area contributed by atoms with E-state index in [1.54, 1.807) is 7.11 Å². The Morgan fingerprint density at radius 1 is 0.943 bits per heavy atom. The normalized spacial score (nSPS) is 26.9. The zero-order valence-corrected chi connectivity index (χ0v) is 21.0. The molecule has 0 saturated heterocycles. The molecule has 3 N–H and O–H groups in total. The molecule has 4 atom stereocenters. The number of carbonyl (C=O) groups excluding carboxylic acids is 1. The first-order valence-corrected chi connectivity index (χ1v) is 13.3. The molecule has 2 fully saturated rings. The number of methoxy groups -OCH3 is 1. The van der Waals surface area contributed by atoms with Crippen LogP contribution in [0.3, 0.4) is 0 Å². The Bertz CT molecular complexity index is 1090. The van der Waals surface area contributed by atoms with E-state index in [9.17, 15) is 4.79 Å². The fourth-order valence-corrected chi connectivity index (χ4v) is 5.75. The number of hydrogen-bond acceptors (Lipinski definition) is 7. The van der Waals surface area contributed by atoms with E-state index in [1.807, 2.05) is 12.1 Å². The van der Waals surface area contributed by atoms with Gasteiger partial charge in [0.2, 0.25) is 5.82 Å². The zero-order valence-electron chi connectivity index (χ0n) is 21.0. The molecule has 2 heterocycles. The number of aromatic nitrogens is 2. The predicted molar refractivity (Wildman–Crippen MR) is 139 cm³/mol. The van der Waals surface area contributed by atoms with Gasteiger partial charge in [-0.05, 0) is 51.2 Å². The second-order valence-corrected chi connectivity index (χ2v) is 10.3. The third kappa shape index (κ3) is 5.58. The summed E-state index contributed by atoms with van der Waals surface area (Å²) in [5.74, 6) is 1.85. The number of nitrogens with zero attached hydrogens (tertiary/aromatic N) is 3. The van der Waals surface area contributed by atoms with E-state index >= 15 is 0 Å². The Kier molecular flexibility index (Phi) is 7.46. The second-order valence-electron chi connectivity index (χ2n) is 10.3. The van der Waals surface area contributed by atoms with Gasteiger partial charge in [0.15, 0.2) is 0 Å². The number of fused-ring (bicyclic) bond motifs is 1. The molecule has 35 heavy (non-hydrogen) atoms. The Labute approximate surface area is 207 Å². The van der Waals surface area contributed by atoms with E-state index < -0.39 is 0 Å². The summed E-state index contributed by atoms with van der Waals surface area (Å²) in [4.78, 5) is 27.3. The van der Waals surface area contributed by atoms with Crippen molar-refractivity contribution >= 4 is 28.5 Å². The van der Waals surface area contributed by atoms with Crippen molar-refractivity contribution in [3.05, 3.63) is 29.6 Å². The molecule has 188 valence electrons. The highest BCUT2D eigenvalue weighted by Gasteiger charge is 2.30. The lowest BCUT2D eigenvalue weighted by molar-refractivity contribution is 0.0390. The minimum absolute atomic E-state index is 0.00548. The van der Waals surface area contributed by atoms with Gasteiger partial charge >= 0.3 is 0 Å². The number of hydrogen-bond donors (Lipinski definition) is 3. The third-order valence-electron chi connectivity index (χ3n) is 7.69. The van der Waals surface area contributed by atoms with Gasteiger partial charge in [0.25, 0.3) is 5.91 Å². The number of amides is 1. The van der Waals surface area contributed by atoms with Crippen molar-refractivity contribution in [2.24, 2.45) is 4.99 Å². The number of anilines is 1. The van der Waals surface area contributed by atoms with E-state index in [2.05, 4.69) is 38.9 Å². The molecule has 8 heteroatoms. The van der Waals surface area contributed by atoms with E-state index in [1.165, 1.54) is 12.8 Å². The van der Waals surface area contributed by atoms with Crippen molar-refractivity contribution in [2.75, 3.05) is 19.0 Å². The molecule has 3 aliphatic rings. The molecule has 2 aromatic rings.